The van der Waals surface area contributed by atoms with Crippen molar-refractivity contribution in [1.82, 2.24) is 9.97 Å². The second-order valence-corrected chi connectivity index (χ2v) is 4.16. The van der Waals surface area contributed by atoms with Crippen molar-refractivity contribution in [2.45, 2.75) is 0 Å². The van der Waals surface area contributed by atoms with Gasteiger partial charge in [-0.25, -0.2) is 4.98 Å². The smallest absolute Gasteiger partial charge is 0.278 e. The minimum atomic E-state index is -0.503. The van der Waals surface area contributed by atoms with Crippen molar-refractivity contribution >= 4 is 29.3 Å². The summed E-state index contributed by atoms with van der Waals surface area (Å²) in [5.74, 6) is -0.000154. The summed E-state index contributed by atoms with van der Waals surface area (Å²) < 4.78 is 0. The SMILES string of the molecule is NC(=NN=Cc1ccccc1[N+](=O)[O-])c1cncc(Cl)n1. The van der Waals surface area contributed by atoms with Crippen LogP contribution < -0.4 is 5.73 Å². The largest absolute Gasteiger partial charge is 0.380 e. The maximum Gasteiger partial charge on any atom is 0.278 e. The average molecular weight is 305 g/mol. The molecular formula is C12H9ClN6O2. The van der Waals surface area contributed by atoms with Gasteiger partial charge in [0, 0.05) is 6.07 Å². The van der Waals surface area contributed by atoms with Crippen LogP contribution in [0.5, 0.6) is 0 Å². The van der Waals surface area contributed by atoms with Gasteiger partial charge in [-0.15, -0.1) is 5.10 Å². The highest BCUT2D eigenvalue weighted by molar-refractivity contribution is 6.29. The molecule has 21 heavy (non-hydrogen) atoms. The summed E-state index contributed by atoms with van der Waals surface area (Å²) >= 11 is 5.68. The first-order valence-electron chi connectivity index (χ1n) is 5.66. The zero-order valence-corrected chi connectivity index (χ0v) is 11.3. The van der Waals surface area contributed by atoms with Crippen molar-refractivity contribution in [3.63, 3.8) is 0 Å². The average Bonchev–Trinajstić information content (AvgIpc) is 2.47. The minimum absolute atomic E-state index is 0.000154. The van der Waals surface area contributed by atoms with Gasteiger partial charge in [0.05, 0.1) is 29.1 Å². The molecule has 0 unspecified atom stereocenters. The molecule has 9 heteroatoms. The van der Waals surface area contributed by atoms with E-state index in [9.17, 15) is 10.1 Å². The third-order valence-electron chi connectivity index (χ3n) is 2.36. The van der Waals surface area contributed by atoms with Gasteiger partial charge in [-0.1, -0.05) is 23.7 Å². The number of benzene rings is 1. The predicted molar refractivity (Wildman–Crippen MR) is 78.5 cm³/mol. The van der Waals surface area contributed by atoms with Crippen molar-refractivity contribution in [1.29, 1.82) is 0 Å². The van der Waals surface area contributed by atoms with Gasteiger partial charge in [-0.05, 0) is 6.07 Å². The molecule has 0 spiro atoms. The highest BCUT2D eigenvalue weighted by Crippen LogP contribution is 2.15. The molecular weight excluding hydrogens is 296 g/mol. The first-order valence-corrected chi connectivity index (χ1v) is 6.03. The normalized spacial score (nSPS) is 11.8. The molecule has 0 aliphatic rings. The second-order valence-electron chi connectivity index (χ2n) is 3.77. The number of halogens is 1. The Bertz CT molecular complexity index is 731. The van der Waals surface area contributed by atoms with E-state index in [2.05, 4.69) is 20.2 Å². The van der Waals surface area contributed by atoms with Gasteiger partial charge < -0.3 is 5.73 Å². The number of hydrogen-bond acceptors (Lipinski definition) is 6. The van der Waals surface area contributed by atoms with E-state index >= 15 is 0 Å². The molecule has 0 atom stereocenters. The van der Waals surface area contributed by atoms with Crippen molar-refractivity contribution in [2.24, 2.45) is 15.9 Å². The van der Waals surface area contributed by atoms with Crippen LogP contribution >= 0.6 is 11.6 Å². The predicted octanol–water partition coefficient (Wildman–Crippen LogP) is 1.78. The molecule has 2 rings (SSSR count). The molecule has 2 aromatic rings. The van der Waals surface area contributed by atoms with Crippen molar-refractivity contribution in [3.05, 3.63) is 63.2 Å². The van der Waals surface area contributed by atoms with Crippen LogP contribution in [0.25, 0.3) is 0 Å². The fourth-order valence-electron chi connectivity index (χ4n) is 1.43. The molecule has 0 amide bonds. The van der Waals surface area contributed by atoms with E-state index in [1.54, 1.807) is 18.2 Å². The number of nitrogens with zero attached hydrogens (tertiary/aromatic N) is 5. The summed E-state index contributed by atoms with van der Waals surface area (Å²) in [7, 11) is 0. The molecule has 1 aromatic carbocycles. The Labute approximate surface area is 124 Å². The fraction of sp³-hybridized carbons (Fsp3) is 0. The van der Waals surface area contributed by atoms with Crippen LogP contribution in [0.1, 0.15) is 11.3 Å². The number of nitro groups is 1. The molecule has 0 radical (unpaired) electrons. The van der Waals surface area contributed by atoms with Gasteiger partial charge >= 0.3 is 0 Å². The Kier molecular flexibility index (Phi) is 4.52. The van der Waals surface area contributed by atoms with Crippen LogP contribution in [0, 0.1) is 10.1 Å². The first-order chi connectivity index (χ1) is 10.1. The Morgan fingerprint density at radius 2 is 2.14 bits per heavy atom. The van der Waals surface area contributed by atoms with Gasteiger partial charge in [-0.3, -0.25) is 15.1 Å². The topological polar surface area (TPSA) is 120 Å². The van der Waals surface area contributed by atoms with Gasteiger partial charge in [0.25, 0.3) is 5.69 Å². The fourth-order valence-corrected chi connectivity index (χ4v) is 1.58. The van der Waals surface area contributed by atoms with Gasteiger partial charge in [-0.2, -0.15) is 5.10 Å². The third-order valence-corrected chi connectivity index (χ3v) is 2.55. The van der Waals surface area contributed by atoms with E-state index in [0.717, 1.165) is 0 Å². The van der Waals surface area contributed by atoms with E-state index in [4.69, 9.17) is 17.3 Å². The number of rotatable bonds is 4. The standard InChI is InChI=1S/C12H9ClN6O2/c13-11-7-15-6-9(17-11)12(14)18-16-5-8-3-1-2-4-10(8)19(20)21/h1-7H,(H2,14,18). The first kappa shape index (κ1) is 14.5. The number of aromatic nitrogens is 2. The maximum atomic E-state index is 10.8. The molecule has 0 fully saturated rings. The number of nitrogens with two attached hydrogens (primary N) is 1. The van der Waals surface area contributed by atoms with Crippen molar-refractivity contribution in [2.75, 3.05) is 0 Å². The number of amidine groups is 1. The summed E-state index contributed by atoms with van der Waals surface area (Å²) in [6.45, 7) is 0. The Morgan fingerprint density at radius 3 is 2.86 bits per heavy atom. The van der Waals surface area contributed by atoms with Crippen LogP contribution in [-0.2, 0) is 0 Å². The van der Waals surface area contributed by atoms with E-state index in [1.165, 1.54) is 24.7 Å². The molecule has 0 bridgehead atoms. The summed E-state index contributed by atoms with van der Waals surface area (Å²) in [6.07, 6.45) is 3.98. The Morgan fingerprint density at radius 1 is 1.38 bits per heavy atom. The number of para-hydroxylation sites is 1. The van der Waals surface area contributed by atoms with Crippen LogP contribution in [0.15, 0.2) is 46.9 Å². The molecule has 8 nitrogen and oxygen atoms in total. The molecule has 1 heterocycles. The summed E-state index contributed by atoms with van der Waals surface area (Å²) in [4.78, 5) is 18.0. The zero-order valence-electron chi connectivity index (χ0n) is 10.5. The van der Waals surface area contributed by atoms with Crippen LogP contribution in [0.2, 0.25) is 5.15 Å². The van der Waals surface area contributed by atoms with Gasteiger partial charge in [0.2, 0.25) is 0 Å². The molecule has 106 valence electrons. The highest BCUT2D eigenvalue weighted by Gasteiger charge is 2.09. The van der Waals surface area contributed by atoms with Gasteiger partial charge in [0.1, 0.15) is 10.8 Å². The van der Waals surface area contributed by atoms with E-state index in [0.29, 0.717) is 5.56 Å². The lowest BCUT2D eigenvalue weighted by Gasteiger charge is -1.97. The summed E-state index contributed by atoms with van der Waals surface area (Å²) in [6, 6.07) is 6.14. The van der Waals surface area contributed by atoms with E-state index in [1.807, 2.05) is 0 Å². The molecule has 0 aliphatic heterocycles. The summed E-state index contributed by atoms with van der Waals surface area (Å²) in [5, 5.41) is 18.4. The summed E-state index contributed by atoms with van der Waals surface area (Å²) in [5.41, 5.74) is 6.18. The van der Waals surface area contributed by atoms with Crippen LogP contribution in [0.3, 0.4) is 0 Å². The monoisotopic (exact) mass is 304 g/mol. The lowest BCUT2D eigenvalue weighted by atomic mass is 10.2. The molecule has 0 saturated heterocycles. The quantitative estimate of drug-likeness (QED) is 0.399. The molecule has 2 N–H and O–H groups in total. The zero-order chi connectivity index (χ0) is 15.2. The minimum Gasteiger partial charge on any atom is -0.380 e. The maximum absolute atomic E-state index is 10.8. The van der Waals surface area contributed by atoms with E-state index < -0.39 is 4.92 Å². The van der Waals surface area contributed by atoms with Gasteiger partial charge in [0.15, 0.2) is 5.84 Å². The Hall–Kier alpha value is -2.87. The second kappa shape index (κ2) is 6.53. The molecule has 0 aliphatic carbocycles. The molecule has 1 aromatic heterocycles. The lowest BCUT2D eigenvalue weighted by molar-refractivity contribution is -0.385. The van der Waals surface area contributed by atoms with Crippen LogP contribution in [0.4, 0.5) is 5.69 Å². The lowest BCUT2D eigenvalue weighted by Crippen LogP contribution is -2.15. The third kappa shape index (κ3) is 3.80. The Balaban J connectivity index is 2.22. The number of nitro benzene ring substituents is 1. The number of hydrogen-bond donors (Lipinski definition) is 1. The molecule has 0 saturated carbocycles. The van der Waals surface area contributed by atoms with Crippen molar-refractivity contribution < 1.29 is 4.92 Å². The van der Waals surface area contributed by atoms with E-state index in [-0.39, 0.29) is 22.4 Å². The van der Waals surface area contributed by atoms with Crippen molar-refractivity contribution in [3.8, 4) is 0 Å². The van der Waals surface area contributed by atoms with Crippen LogP contribution in [-0.4, -0.2) is 26.9 Å². The highest BCUT2D eigenvalue weighted by atomic mass is 35.5.